The van der Waals surface area contributed by atoms with Crippen molar-refractivity contribution in [1.29, 1.82) is 0 Å². The van der Waals surface area contributed by atoms with Crippen molar-refractivity contribution in [1.82, 2.24) is 14.9 Å². The van der Waals surface area contributed by atoms with Gasteiger partial charge in [-0.05, 0) is 25.1 Å². The summed E-state index contributed by atoms with van der Waals surface area (Å²) in [5.41, 5.74) is 1.27. The van der Waals surface area contributed by atoms with E-state index in [1.165, 1.54) is 18.5 Å². The van der Waals surface area contributed by atoms with Crippen LogP contribution >= 0.6 is 11.3 Å². The number of hydrogen-bond acceptors (Lipinski definition) is 3. The summed E-state index contributed by atoms with van der Waals surface area (Å²) in [5.74, 6) is 0. The van der Waals surface area contributed by atoms with E-state index < -0.39 is 0 Å². The number of thiazole rings is 1. The molecule has 2 aromatic heterocycles. The first-order chi connectivity index (χ1) is 7.92. The van der Waals surface area contributed by atoms with E-state index >= 15 is 0 Å². The molecule has 3 nitrogen and oxygen atoms in total. The molecule has 0 amide bonds. The SMILES string of the molecule is CCCCNCc1cccn1-c1nccs1. The highest BCUT2D eigenvalue weighted by atomic mass is 32.1. The van der Waals surface area contributed by atoms with E-state index in [0.717, 1.165) is 18.2 Å². The van der Waals surface area contributed by atoms with Crippen molar-refractivity contribution in [3.63, 3.8) is 0 Å². The maximum atomic E-state index is 4.32. The molecular weight excluding hydrogens is 218 g/mol. The van der Waals surface area contributed by atoms with Crippen molar-refractivity contribution < 1.29 is 0 Å². The molecule has 0 aromatic carbocycles. The van der Waals surface area contributed by atoms with Gasteiger partial charge in [-0.15, -0.1) is 11.3 Å². The van der Waals surface area contributed by atoms with Crippen molar-refractivity contribution in [2.45, 2.75) is 26.3 Å². The highest BCUT2D eigenvalue weighted by Crippen LogP contribution is 2.14. The van der Waals surface area contributed by atoms with Gasteiger partial charge in [-0.25, -0.2) is 4.98 Å². The lowest BCUT2D eigenvalue weighted by Gasteiger charge is -2.07. The summed E-state index contributed by atoms with van der Waals surface area (Å²) in [7, 11) is 0. The van der Waals surface area contributed by atoms with Gasteiger partial charge in [0.25, 0.3) is 0 Å². The van der Waals surface area contributed by atoms with Crippen LogP contribution in [0.2, 0.25) is 0 Å². The lowest BCUT2D eigenvalue weighted by molar-refractivity contribution is 0.627. The fourth-order valence-corrected chi connectivity index (χ4v) is 2.26. The minimum atomic E-state index is 0.909. The van der Waals surface area contributed by atoms with E-state index in [4.69, 9.17) is 0 Å². The molecule has 0 unspecified atom stereocenters. The average Bonchev–Trinajstić information content (AvgIpc) is 2.94. The third-order valence-electron chi connectivity index (χ3n) is 2.47. The van der Waals surface area contributed by atoms with Crippen LogP contribution in [0.25, 0.3) is 5.13 Å². The largest absolute Gasteiger partial charge is 0.311 e. The maximum Gasteiger partial charge on any atom is 0.193 e. The van der Waals surface area contributed by atoms with E-state index in [1.54, 1.807) is 11.3 Å². The summed E-state index contributed by atoms with van der Waals surface area (Å²) < 4.78 is 2.14. The molecule has 86 valence electrons. The Morgan fingerprint density at radius 2 is 2.44 bits per heavy atom. The normalized spacial score (nSPS) is 10.8. The maximum absolute atomic E-state index is 4.32. The molecule has 0 bridgehead atoms. The quantitative estimate of drug-likeness (QED) is 0.780. The molecule has 0 aliphatic rings. The van der Waals surface area contributed by atoms with Crippen LogP contribution in [0.15, 0.2) is 29.9 Å². The lowest BCUT2D eigenvalue weighted by Crippen LogP contribution is -2.16. The van der Waals surface area contributed by atoms with Crippen LogP contribution < -0.4 is 5.32 Å². The van der Waals surface area contributed by atoms with Gasteiger partial charge in [-0.2, -0.15) is 0 Å². The summed E-state index contributed by atoms with van der Waals surface area (Å²) in [6, 6.07) is 4.21. The zero-order chi connectivity index (χ0) is 11.2. The Balaban J connectivity index is 1.97. The monoisotopic (exact) mass is 235 g/mol. The fraction of sp³-hybridized carbons (Fsp3) is 0.417. The van der Waals surface area contributed by atoms with E-state index in [1.807, 2.05) is 11.6 Å². The van der Waals surface area contributed by atoms with Gasteiger partial charge in [0.15, 0.2) is 5.13 Å². The summed E-state index contributed by atoms with van der Waals surface area (Å²) in [6.45, 7) is 4.20. The van der Waals surface area contributed by atoms with E-state index in [-0.39, 0.29) is 0 Å². The van der Waals surface area contributed by atoms with Gasteiger partial charge in [-0.3, -0.25) is 4.57 Å². The summed E-state index contributed by atoms with van der Waals surface area (Å²) in [6.07, 6.45) is 6.38. The van der Waals surface area contributed by atoms with Crippen molar-refractivity contribution >= 4 is 11.3 Å². The molecule has 0 atom stereocenters. The zero-order valence-electron chi connectivity index (χ0n) is 9.52. The lowest BCUT2D eigenvalue weighted by atomic mass is 10.3. The van der Waals surface area contributed by atoms with Gasteiger partial charge in [0.2, 0.25) is 0 Å². The van der Waals surface area contributed by atoms with Gasteiger partial charge in [0.1, 0.15) is 0 Å². The third-order valence-corrected chi connectivity index (χ3v) is 3.24. The summed E-state index contributed by atoms with van der Waals surface area (Å²) in [4.78, 5) is 4.32. The minimum absolute atomic E-state index is 0.909. The Labute approximate surface area is 100 Å². The molecule has 16 heavy (non-hydrogen) atoms. The summed E-state index contributed by atoms with van der Waals surface area (Å²) in [5, 5.41) is 6.49. The van der Waals surface area contributed by atoms with Crippen LogP contribution in [0.4, 0.5) is 0 Å². The van der Waals surface area contributed by atoms with Gasteiger partial charge in [0.05, 0.1) is 0 Å². The first-order valence-corrected chi connectivity index (χ1v) is 6.56. The van der Waals surface area contributed by atoms with Crippen LogP contribution in [0, 0.1) is 0 Å². The van der Waals surface area contributed by atoms with Gasteiger partial charge < -0.3 is 5.32 Å². The van der Waals surface area contributed by atoms with Gasteiger partial charge in [0, 0.05) is 30.0 Å². The summed E-state index contributed by atoms with van der Waals surface area (Å²) >= 11 is 1.66. The predicted molar refractivity (Wildman–Crippen MR) is 68.1 cm³/mol. The minimum Gasteiger partial charge on any atom is -0.311 e. The highest BCUT2D eigenvalue weighted by Gasteiger charge is 2.04. The topological polar surface area (TPSA) is 29.9 Å². The predicted octanol–water partition coefficient (Wildman–Crippen LogP) is 2.82. The van der Waals surface area contributed by atoms with Crippen molar-refractivity contribution in [3.8, 4) is 5.13 Å². The molecule has 2 rings (SSSR count). The van der Waals surface area contributed by atoms with Crippen molar-refractivity contribution in [3.05, 3.63) is 35.6 Å². The van der Waals surface area contributed by atoms with Gasteiger partial charge in [-0.1, -0.05) is 13.3 Å². The Morgan fingerprint density at radius 1 is 1.50 bits per heavy atom. The Morgan fingerprint density at radius 3 is 3.19 bits per heavy atom. The molecule has 1 N–H and O–H groups in total. The molecule has 0 fully saturated rings. The Kier molecular flexibility index (Phi) is 4.13. The third kappa shape index (κ3) is 2.71. The molecule has 2 heterocycles. The first-order valence-electron chi connectivity index (χ1n) is 5.68. The van der Waals surface area contributed by atoms with Crippen molar-refractivity contribution in [2.75, 3.05) is 6.54 Å². The molecule has 4 heteroatoms. The van der Waals surface area contributed by atoms with Crippen molar-refractivity contribution in [2.24, 2.45) is 0 Å². The Hall–Kier alpha value is -1.13. The van der Waals surface area contributed by atoms with Crippen LogP contribution in [-0.4, -0.2) is 16.1 Å². The molecule has 2 aromatic rings. The molecule has 0 radical (unpaired) electrons. The number of rotatable bonds is 6. The number of aromatic nitrogens is 2. The highest BCUT2D eigenvalue weighted by molar-refractivity contribution is 7.12. The number of hydrogen-bond donors (Lipinski definition) is 1. The Bertz CT molecular complexity index is 406. The number of nitrogens with one attached hydrogen (secondary N) is 1. The fourth-order valence-electron chi connectivity index (χ4n) is 1.60. The second-order valence-electron chi connectivity index (χ2n) is 3.71. The second kappa shape index (κ2) is 5.82. The van der Waals surface area contributed by atoms with Gasteiger partial charge >= 0.3 is 0 Å². The second-order valence-corrected chi connectivity index (χ2v) is 4.59. The molecular formula is C12H17N3S. The molecule has 0 spiro atoms. The molecule has 0 aliphatic carbocycles. The van der Waals surface area contributed by atoms with Crippen LogP contribution in [0.5, 0.6) is 0 Å². The van der Waals surface area contributed by atoms with E-state index in [9.17, 15) is 0 Å². The van der Waals surface area contributed by atoms with Crippen LogP contribution in [0.3, 0.4) is 0 Å². The first kappa shape index (κ1) is 11.4. The number of nitrogens with zero attached hydrogens (tertiary/aromatic N) is 2. The molecule has 0 saturated carbocycles. The number of unbranched alkanes of at least 4 members (excludes halogenated alkanes) is 1. The smallest absolute Gasteiger partial charge is 0.193 e. The average molecular weight is 235 g/mol. The standard InChI is InChI=1S/C12H17N3S/c1-2-3-6-13-10-11-5-4-8-15(11)12-14-7-9-16-12/h4-5,7-9,13H,2-3,6,10H2,1H3. The molecule has 0 saturated heterocycles. The van der Waals surface area contributed by atoms with E-state index in [0.29, 0.717) is 0 Å². The zero-order valence-corrected chi connectivity index (χ0v) is 10.3. The molecule has 0 aliphatic heterocycles. The van der Waals surface area contributed by atoms with E-state index in [2.05, 4.69) is 40.1 Å². The van der Waals surface area contributed by atoms with Crippen LogP contribution in [-0.2, 0) is 6.54 Å². The van der Waals surface area contributed by atoms with Crippen LogP contribution in [0.1, 0.15) is 25.5 Å².